The van der Waals surface area contributed by atoms with Crippen LogP contribution in [-0.2, 0) is 0 Å². The highest BCUT2D eigenvalue weighted by Gasteiger charge is 2.25. The van der Waals surface area contributed by atoms with Crippen LogP contribution in [0.4, 0.5) is 10.1 Å². The fourth-order valence-electron chi connectivity index (χ4n) is 2.92. The van der Waals surface area contributed by atoms with Gasteiger partial charge in [0, 0.05) is 31.0 Å². The number of rotatable bonds is 4. The van der Waals surface area contributed by atoms with E-state index in [4.69, 9.17) is 5.73 Å². The maximum atomic E-state index is 13.8. The van der Waals surface area contributed by atoms with Gasteiger partial charge in [0.15, 0.2) is 0 Å². The molecule has 1 aromatic heterocycles. The lowest BCUT2D eigenvalue weighted by Crippen LogP contribution is -2.42. The van der Waals surface area contributed by atoms with E-state index in [9.17, 15) is 14.0 Å². The zero-order valence-electron chi connectivity index (χ0n) is 13.6. The van der Waals surface area contributed by atoms with Crippen molar-refractivity contribution in [2.24, 2.45) is 5.73 Å². The summed E-state index contributed by atoms with van der Waals surface area (Å²) in [6.07, 6.45) is 2.99. The van der Waals surface area contributed by atoms with E-state index < -0.39 is 11.7 Å². The number of likely N-dealkylation sites (tertiary alicyclic amines) is 1. The van der Waals surface area contributed by atoms with Crippen LogP contribution in [0.15, 0.2) is 42.6 Å². The molecule has 0 bridgehead atoms. The molecule has 0 radical (unpaired) electrons. The Morgan fingerprint density at radius 2 is 1.92 bits per heavy atom. The Balaban J connectivity index is 1.59. The van der Waals surface area contributed by atoms with Gasteiger partial charge in [-0.25, -0.2) is 4.39 Å². The fraction of sp³-hybridized carbons (Fsp3) is 0.278. The van der Waals surface area contributed by atoms with Crippen molar-refractivity contribution < 1.29 is 14.0 Å². The van der Waals surface area contributed by atoms with Crippen LogP contribution in [0.2, 0.25) is 0 Å². The molecule has 1 aliphatic rings. The number of anilines is 1. The van der Waals surface area contributed by atoms with E-state index in [1.807, 2.05) is 0 Å². The number of carbonyl (C=O) groups excluding carboxylic acids is 2. The smallest absolute Gasteiger partial charge is 0.267 e. The molecule has 0 aliphatic carbocycles. The van der Waals surface area contributed by atoms with Gasteiger partial charge in [-0.2, -0.15) is 0 Å². The summed E-state index contributed by atoms with van der Waals surface area (Å²) >= 11 is 0. The molecule has 1 fully saturated rings. The zero-order chi connectivity index (χ0) is 17.8. The number of nitrogens with two attached hydrogens (primary N) is 1. The van der Waals surface area contributed by atoms with E-state index in [2.05, 4.69) is 10.3 Å². The number of aromatic nitrogens is 1. The zero-order valence-corrected chi connectivity index (χ0v) is 13.6. The minimum absolute atomic E-state index is 0.106. The molecule has 1 aliphatic heterocycles. The summed E-state index contributed by atoms with van der Waals surface area (Å²) in [5.74, 6) is -1.35. The van der Waals surface area contributed by atoms with Crippen molar-refractivity contribution in [2.75, 3.05) is 18.4 Å². The first-order valence-electron chi connectivity index (χ1n) is 8.11. The molecule has 2 heterocycles. The predicted molar refractivity (Wildman–Crippen MR) is 91.7 cm³/mol. The molecule has 1 saturated heterocycles. The Hall–Kier alpha value is -2.96. The summed E-state index contributed by atoms with van der Waals surface area (Å²) in [6.45, 7) is 1.08. The van der Waals surface area contributed by atoms with Gasteiger partial charge in [-0.1, -0.05) is 12.1 Å². The average Bonchev–Trinajstić information content (AvgIpc) is 2.62. The first kappa shape index (κ1) is 16.9. The first-order chi connectivity index (χ1) is 12.0. The van der Waals surface area contributed by atoms with Crippen molar-refractivity contribution >= 4 is 17.5 Å². The number of benzene rings is 1. The molecular formula is C18H19FN4O2. The average molecular weight is 342 g/mol. The lowest BCUT2D eigenvalue weighted by atomic mass is 10.0. The number of primary amides is 1. The first-order valence-corrected chi connectivity index (χ1v) is 8.11. The lowest BCUT2D eigenvalue weighted by molar-refractivity contribution is 0.0713. The second-order valence-corrected chi connectivity index (χ2v) is 5.98. The Morgan fingerprint density at radius 1 is 1.20 bits per heavy atom. The summed E-state index contributed by atoms with van der Waals surface area (Å²) in [7, 11) is 0. The molecule has 7 heteroatoms. The standard InChI is InChI=1S/C18H19FN4O2/c19-15-4-2-1-3-14(15)18(25)23-9-6-12(7-10-23)22-13-5-8-21-16(11-13)17(20)24/h1-5,8,11-12H,6-7,9-10H2,(H2,20,24)(H,21,22). The van der Waals surface area contributed by atoms with Gasteiger partial charge < -0.3 is 16.0 Å². The normalized spacial score (nSPS) is 15.0. The number of carbonyl (C=O) groups is 2. The highest BCUT2D eigenvalue weighted by molar-refractivity contribution is 5.94. The summed E-state index contributed by atoms with van der Waals surface area (Å²) < 4.78 is 13.8. The Labute approximate surface area is 144 Å². The minimum atomic E-state index is -0.575. The Morgan fingerprint density at radius 3 is 2.60 bits per heavy atom. The van der Waals surface area contributed by atoms with E-state index in [0.717, 1.165) is 18.5 Å². The number of nitrogens with zero attached hydrogens (tertiary/aromatic N) is 2. The quantitative estimate of drug-likeness (QED) is 0.890. The number of nitrogens with one attached hydrogen (secondary N) is 1. The second kappa shape index (κ2) is 7.29. The molecule has 0 spiro atoms. The molecule has 6 nitrogen and oxygen atoms in total. The van der Waals surface area contributed by atoms with Gasteiger partial charge in [0.1, 0.15) is 11.5 Å². The lowest BCUT2D eigenvalue weighted by Gasteiger charge is -2.33. The monoisotopic (exact) mass is 342 g/mol. The van der Waals surface area contributed by atoms with Gasteiger partial charge in [0.05, 0.1) is 5.56 Å². The SMILES string of the molecule is NC(=O)c1cc(NC2CCN(C(=O)c3ccccc3F)CC2)ccn1. The summed E-state index contributed by atoms with van der Waals surface area (Å²) in [5.41, 5.74) is 6.31. The van der Waals surface area contributed by atoms with E-state index in [1.165, 1.54) is 18.3 Å². The topological polar surface area (TPSA) is 88.3 Å². The highest BCUT2D eigenvalue weighted by atomic mass is 19.1. The number of amides is 2. The summed E-state index contributed by atoms with van der Waals surface area (Å²) in [6, 6.07) is 9.56. The minimum Gasteiger partial charge on any atom is -0.382 e. The molecule has 25 heavy (non-hydrogen) atoms. The molecule has 2 amide bonds. The largest absolute Gasteiger partial charge is 0.382 e. The molecule has 3 rings (SSSR count). The van der Waals surface area contributed by atoms with Crippen molar-refractivity contribution in [3.05, 3.63) is 59.7 Å². The third-order valence-corrected chi connectivity index (χ3v) is 4.27. The highest BCUT2D eigenvalue weighted by Crippen LogP contribution is 2.19. The third kappa shape index (κ3) is 3.93. The molecule has 2 aromatic rings. The predicted octanol–water partition coefficient (Wildman–Crippen LogP) is 2.04. The Kier molecular flexibility index (Phi) is 4.92. The van der Waals surface area contributed by atoms with Crippen molar-refractivity contribution in [1.82, 2.24) is 9.88 Å². The van der Waals surface area contributed by atoms with Gasteiger partial charge in [0.25, 0.3) is 11.8 Å². The van der Waals surface area contributed by atoms with Gasteiger partial charge in [0.2, 0.25) is 0 Å². The summed E-state index contributed by atoms with van der Waals surface area (Å²) in [5, 5.41) is 3.33. The van der Waals surface area contributed by atoms with Crippen molar-refractivity contribution in [3.63, 3.8) is 0 Å². The van der Waals surface area contributed by atoms with Crippen LogP contribution in [0.1, 0.15) is 33.7 Å². The maximum Gasteiger partial charge on any atom is 0.267 e. The number of piperidine rings is 1. The fourth-order valence-corrected chi connectivity index (χ4v) is 2.92. The van der Waals surface area contributed by atoms with Crippen LogP contribution in [0, 0.1) is 5.82 Å². The molecule has 3 N–H and O–H groups in total. The maximum absolute atomic E-state index is 13.8. The molecule has 130 valence electrons. The van der Waals surface area contributed by atoms with Crippen LogP contribution < -0.4 is 11.1 Å². The number of hydrogen-bond donors (Lipinski definition) is 2. The molecule has 0 unspecified atom stereocenters. The van der Waals surface area contributed by atoms with Crippen molar-refractivity contribution in [3.8, 4) is 0 Å². The molecule has 0 saturated carbocycles. The van der Waals surface area contributed by atoms with Gasteiger partial charge in [-0.15, -0.1) is 0 Å². The van der Waals surface area contributed by atoms with E-state index in [0.29, 0.717) is 13.1 Å². The summed E-state index contributed by atoms with van der Waals surface area (Å²) in [4.78, 5) is 29.2. The molecule has 0 atom stereocenters. The Bertz CT molecular complexity index is 788. The van der Waals surface area contributed by atoms with Crippen LogP contribution in [-0.4, -0.2) is 40.8 Å². The number of halogens is 1. The molecular weight excluding hydrogens is 323 g/mol. The van der Waals surface area contributed by atoms with Crippen LogP contribution in [0.5, 0.6) is 0 Å². The third-order valence-electron chi connectivity index (χ3n) is 4.27. The van der Waals surface area contributed by atoms with Gasteiger partial charge >= 0.3 is 0 Å². The van der Waals surface area contributed by atoms with Gasteiger partial charge in [-0.3, -0.25) is 14.6 Å². The van der Waals surface area contributed by atoms with Gasteiger partial charge in [-0.05, 0) is 37.1 Å². The van der Waals surface area contributed by atoms with E-state index in [-0.39, 0.29) is 23.2 Å². The second-order valence-electron chi connectivity index (χ2n) is 5.98. The number of hydrogen-bond acceptors (Lipinski definition) is 4. The van der Waals surface area contributed by atoms with Crippen molar-refractivity contribution in [1.29, 1.82) is 0 Å². The van der Waals surface area contributed by atoms with E-state index in [1.54, 1.807) is 29.2 Å². The van der Waals surface area contributed by atoms with Crippen LogP contribution in [0.3, 0.4) is 0 Å². The van der Waals surface area contributed by atoms with E-state index >= 15 is 0 Å². The molecule has 1 aromatic carbocycles. The number of pyridine rings is 1. The van der Waals surface area contributed by atoms with Crippen molar-refractivity contribution in [2.45, 2.75) is 18.9 Å². The van der Waals surface area contributed by atoms with Crippen LogP contribution in [0.25, 0.3) is 0 Å². The van der Waals surface area contributed by atoms with Crippen LogP contribution >= 0.6 is 0 Å².